The molecule has 1 heterocycles. The summed E-state index contributed by atoms with van der Waals surface area (Å²) in [4.78, 5) is 14.9. The monoisotopic (exact) mass is 448 g/mol. The molecule has 1 aliphatic heterocycles. The minimum absolute atomic E-state index is 0.130. The van der Waals surface area contributed by atoms with Crippen molar-refractivity contribution in [1.82, 2.24) is 4.83 Å². The van der Waals surface area contributed by atoms with E-state index in [4.69, 9.17) is 4.74 Å². The zero-order valence-corrected chi connectivity index (χ0v) is 18.7. The van der Waals surface area contributed by atoms with Gasteiger partial charge in [-0.2, -0.15) is 18.4 Å². The molecule has 0 saturated carbocycles. The number of carbonyl (C=O) groups is 1. The normalized spacial score (nSPS) is 16.9. The van der Waals surface area contributed by atoms with E-state index in [1.165, 1.54) is 0 Å². The Morgan fingerprint density at radius 1 is 1.00 bits per heavy atom. The van der Waals surface area contributed by atoms with Crippen LogP contribution in [-0.4, -0.2) is 20.1 Å². The van der Waals surface area contributed by atoms with E-state index in [1.807, 2.05) is 56.3 Å². The Morgan fingerprint density at radius 2 is 1.66 bits per heavy atom. The smallest absolute Gasteiger partial charge is 0.339 e. The van der Waals surface area contributed by atoms with Crippen LogP contribution in [0.25, 0.3) is 0 Å². The van der Waals surface area contributed by atoms with Crippen molar-refractivity contribution in [3.8, 4) is 0 Å². The number of hydrogen-bond acceptors (Lipinski definition) is 5. The van der Waals surface area contributed by atoms with Crippen molar-refractivity contribution >= 4 is 21.7 Å². The number of ether oxygens (including phenoxy) is 1. The van der Waals surface area contributed by atoms with Crippen LogP contribution in [0.3, 0.4) is 0 Å². The average molecular weight is 449 g/mol. The predicted molar refractivity (Wildman–Crippen MR) is 123 cm³/mol. The Bertz CT molecular complexity index is 1250. The third kappa shape index (κ3) is 4.29. The van der Waals surface area contributed by atoms with Crippen LogP contribution in [0.4, 0.5) is 0 Å². The quantitative estimate of drug-likeness (QED) is 0.325. The lowest BCUT2D eigenvalue weighted by Gasteiger charge is -2.24. The van der Waals surface area contributed by atoms with Crippen LogP contribution in [0.15, 0.2) is 88.9 Å². The number of carbonyl (C=O) groups excluding carboxylic acids is 1. The summed E-state index contributed by atoms with van der Waals surface area (Å²) in [5.41, 5.74) is 3.55. The highest BCUT2D eigenvalue weighted by Crippen LogP contribution is 2.39. The van der Waals surface area contributed by atoms with Crippen molar-refractivity contribution in [1.29, 1.82) is 0 Å². The average Bonchev–Trinajstić information content (AvgIpc) is 3.14. The minimum atomic E-state index is -3.86. The van der Waals surface area contributed by atoms with Gasteiger partial charge in [-0.15, -0.1) is 0 Å². The molecule has 32 heavy (non-hydrogen) atoms. The van der Waals surface area contributed by atoms with Crippen LogP contribution in [-0.2, 0) is 14.8 Å². The van der Waals surface area contributed by atoms with Gasteiger partial charge in [0.1, 0.15) is 6.10 Å². The molecule has 3 aromatic rings. The number of hydrazone groups is 1. The van der Waals surface area contributed by atoms with E-state index in [0.717, 1.165) is 16.7 Å². The van der Waals surface area contributed by atoms with Crippen LogP contribution in [0.2, 0.25) is 0 Å². The second-order valence-electron chi connectivity index (χ2n) is 7.70. The second kappa shape index (κ2) is 8.96. The molecule has 6 nitrogen and oxygen atoms in total. The fraction of sp³-hybridized carbons (Fsp3) is 0.200. The molecule has 0 spiro atoms. The highest BCUT2D eigenvalue weighted by molar-refractivity contribution is 7.89. The first kappa shape index (κ1) is 21.8. The Labute approximate surface area is 188 Å². The van der Waals surface area contributed by atoms with Crippen molar-refractivity contribution in [3.05, 3.63) is 101 Å². The number of nitrogens with zero attached hydrogens (tertiary/aromatic N) is 1. The van der Waals surface area contributed by atoms with Gasteiger partial charge in [0.2, 0.25) is 0 Å². The maximum atomic E-state index is 12.9. The summed E-state index contributed by atoms with van der Waals surface area (Å²) >= 11 is 0. The number of hydrogen-bond donors (Lipinski definition) is 1. The molecule has 1 aliphatic rings. The molecule has 0 bridgehead atoms. The van der Waals surface area contributed by atoms with E-state index in [2.05, 4.69) is 9.93 Å². The van der Waals surface area contributed by atoms with E-state index in [1.54, 1.807) is 36.4 Å². The molecule has 0 aromatic heterocycles. The maximum absolute atomic E-state index is 12.9. The van der Waals surface area contributed by atoms with Crippen molar-refractivity contribution in [2.75, 3.05) is 0 Å². The van der Waals surface area contributed by atoms with Crippen LogP contribution >= 0.6 is 0 Å². The fourth-order valence-corrected chi connectivity index (χ4v) is 4.69. The molecule has 164 valence electrons. The van der Waals surface area contributed by atoms with Gasteiger partial charge >= 0.3 is 5.97 Å². The Hall–Kier alpha value is -3.45. The van der Waals surface area contributed by atoms with Crippen molar-refractivity contribution < 1.29 is 17.9 Å². The van der Waals surface area contributed by atoms with Gasteiger partial charge in [-0.1, -0.05) is 73.2 Å². The lowest BCUT2D eigenvalue weighted by Crippen LogP contribution is -2.28. The third-order valence-electron chi connectivity index (χ3n) is 5.56. The molecule has 7 heteroatoms. The standard InChI is InChI=1S/C25H24N2O4S/c1-3-20(24-21-11-7-8-12-22(21)25(28)31-24)23(18-9-5-4-6-10-18)26-27-32(29,30)19-15-13-17(2)14-16-19/h4-16,20,24,27H,3H2,1-2H3/b26-23+/t20-,24+/m1/s1. The van der Waals surface area contributed by atoms with E-state index < -0.39 is 16.1 Å². The zero-order valence-electron chi connectivity index (χ0n) is 17.9. The molecule has 0 unspecified atom stereocenters. The highest BCUT2D eigenvalue weighted by atomic mass is 32.2. The third-order valence-corrected chi connectivity index (χ3v) is 6.79. The Balaban J connectivity index is 1.74. The van der Waals surface area contributed by atoms with Gasteiger partial charge in [-0.05, 0) is 37.1 Å². The molecule has 0 radical (unpaired) electrons. The van der Waals surface area contributed by atoms with E-state index in [-0.39, 0.29) is 16.8 Å². The SMILES string of the molecule is CC[C@H](/C(=N/NS(=O)(=O)c1ccc(C)cc1)c1ccccc1)[C@@H]1OC(=O)c2ccccc21. The molecule has 2 atom stereocenters. The summed E-state index contributed by atoms with van der Waals surface area (Å²) < 4.78 is 31.4. The number of fused-ring (bicyclic) bond motifs is 1. The summed E-state index contributed by atoms with van der Waals surface area (Å²) in [5, 5.41) is 4.37. The molecular formula is C25H24N2O4S. The minimum Gasteiger partial charge on any atom is -0.453 e. The first-order valence-electron chi connectivity index (χ1n) is 10.4. The van der Waals surface area contributed by atoms with Gasteiger partial charge in [0.15, 0.2) is 0 Å². The van der Waals surface area contributed by atoms with Crippen LogP contribution < -0.4 is 4.83 Å². The van der Waals surface area contributed by atoms with Gasteiger partial charge in [0.25, 0.3) is 10.0 Å². The molecule has 4 rings (SSSR count). The molecule has 3 aromatic carbocycles. The number of esters is 1. The van der Waals surface area contributed by atoms with Gasteiger partial charge in [-0.25, -0.2) is 4.79 Å². The van der Waals surface area contributed by atoms with E-state index in [9.17, 15) is 13.2 Å². The van der Waals surface area contributed by atoms with Crippen molar-refractivity contribution in [3.63, 3.8) is 0 Å². The first-order valence-corrected chi connectivity index (χ1v) is 11.9. The summed E-state index contributed by atoms with van der Waals surface area (Å²) in [6.45, 7) is 3.86. The number of cyclic esters (lactones) is 1. The van der Waals surface area contributed by atoms with Gasteiger partial charge in [-0.3, -0.25) is 0 Å². The van der Waals surface area contributed by atoms with E-state index in [0.29, 0.717) is 17.7 Å². The molecule has 0 fully saturated rings. The fourth-order valence-electron chi connectivity index (χ4n) is 3.87. The molecule has 1 N–H and O–H groups in total. The number of nitrogens with one attached hydrogen (secondary N) is 1. The first-order chi connectivity index (χ1) is 15.4. The van der Waals surface area contributed by atoms with Crippen molar-refractivity contribution in [2.24, 2.45) is 11.0 Å². The summed E-state index contributed by atoms with van der Waals surface area (Å²) in [5.74, 6) is -0.720. The Kier molecular flexibility index (Phi) is 6.10. The van der Waals surface area contributed by atoms with Gasteiger partial charge in [0, 0.05) is 11.5 Å². The largest absolute Gasteiger partial charge is 0.453 e. The van der Waals surface area contributed by atoms with Gasteiger partial charge < -0.3 is 4.74 Å². The maximum Gasteiger partial charge on any atom is 0.339 e. The second-order valence-corrected chi connectivity index (χ2v) is 9.36. The molecule has 0 aliphatic carbocycles. The summed E-state index contributed by atoms with van der Waals surface area (Å²) in [6, 6.07) is 23.2. The Morgan fingerprint density at radius 3 is 2.34 bits per heavy atom. The number of aryl methyl sites for hydroxylation is 1. The highest BCUT2D eigenvalue weighted by Gasteiger charge is 2.38. The predicted octanol–water partition coefficient (Wildman–Crippen LogP) is 4.62. The van der Waals surface area contributed by atoms with Crippen LogP contribution in [0, 0.1) is 12.8 Å². The lowest BCUT2D eigenvalue weighted by molar-refractivity contribution is 0.0308. The number of sulfonamides is 1. The zero-order chi connectivity index (χ0) is 22.7. The van der Waals surface area contributed by atoms with Gasteiger partial charge in [0.05, 0.1) is 16.2 Å². The summed E-state index contributed by atoms with van der Waals surface area (Å²) in [6.07, 6.45) is 0.0400. The summed E-state index contributed by atoms with van der Waals surface area (Å²) in [7, 11) is -3.86. The van der Waals surface area contributed by atoms with Crippen molar-refractivity contribution in [2.45, 2.75) is 31.3 Å². The molecular weight excluding hydrogens is 424 g/mol. The van der Waals surface area contributed by atoms with Crippen LogP contribution in [0.1, 0.15) is 46.5 Å². The van der Waals surface area contributed by atoms with E-state index >= 15 is 0 Å². The van der Waals surface area contributed by atoms with Crippen LogP contribution in [0.5, 0.6) is 0 Å². The lowest BCUT2D eigenvalue weighted by atomic mass is 9.85. The molecule has 0 amide bonds. The number of benzene rings is 3. The number of rotatable bonds is 7. The molecule has 0 saturated heterocycles. The topological polar surface area (TPSA) is 84.8 Å².